The maximum Gasteiger partial charge on any atom is 0.253 e. The molecule has 1 aliphatic heterocycles. The number of hydrogen-bond acceptors (Lipinski definition) is 4. The van der Waals surface area contributed by atoms with Crippen molar-refractivity contribution in [2.24, 2.45) is 5.92 Å². The van der Waals surface area contributed by atoms with Gasteiger partial charge in [0.25, 0.3) is 11.8 Å². The van der Waals surface area contributed by atoms with E-state index in [0.717, 1.165) is 6.42 Å². The molecule has 2 atom stereocenters. The van der Waals surface area contributed by atoms with Crippen LogP contribution in [0.5, 0.6) is 5.75 Å². The standard InChI is InChI=1S/C26H33N3O4/c1-4-18(2)27-25(31)23(28-24(30)21-11-8-12-22(17-21)33-3)19-13-15-29(16-14-19)26(32)20-9-6-5-7-10-20/h5-12,17-19,23H,4,13-16H2,1-3H3,(H,27,31)(H,28,30)/t18-,23+/m0/s1. The Hall–Kier alpha value is -3.35. The van der Waals surface area contributed by atoms with Gasteiger partial charge in [0.05, 0.1) is 7.11 Å². The summed E-state index contributed by atoms with van der Waals surface area (Å²) in [5.74, 6) is 0.00363. The smallest absolute Gasteiger partial charge is 0.253 e. The zero-order valence-electron chi connectivity index (χ0n) is 19.5. The van der Waals surface area contributed by atoms with Gasteiger partial charge in [0.2, 0.25) is 5.91 Å². The highest BCUT2D eigenvalue weighted by atomic mass is 16.5. The summed E-state index contributed by atoms with van der Waals surface area (Å²) >= 11 is 0. The van der Waals surface area contributed by atoms with E-state index < -0.39 is 6.04 Å². The molecule has 2 N–H and O–H groups in total. The van der Waals surface area contributed by atoms with Crippen molar-refractivity contribution in [1.29, 1.82) is 0 Å². The van der Waals surface area contributed by atoms with Crippen molar-refractivity contribution in [3.63, 3.8) is 0 Å². The van der Waals surface area contributed by atoms with Crippen molar-refractivity contribution < 1.29 is 19.1 Å². The quantitative estimate of drug-likeness (QED) is 0.645. The summed E-state index contributed by atoms with van der Waals surface area (Å²) < 4.78 is 5.21. The summed E-state index contributed by atoms with van der Waals surface area (Å²) in [6.07, 6.45) is 2.07. The van der Waals surface area contributed by atoms with Crippen LogP contribution < -0.4 is 15.4 Å². The van der Waals surface area contributed by atoms with Crippen LogP contribution >= 0.6 is 0 Å². The number of hydrogen-bond donors (Lipinski definition) is 2. The van der Waals surface area contributed by atoms with Crippen LogP contribution in [-0.2, 0) is 4.79 Å². The van der Waals surface area contributed by atoms with E-state index in [1.165, 1.54) is 0 Å². The lowest BCUT2D eigenvalue weighted by Gasteiger charge is -2.36. The zero-order chi connectivity index (χ0) is 23.8. The molecule has 7 nitrogen and oxygen atoms in total. The van der Waals surface area contributed by atoms with E-state index in [4.69, 9.17) is 4.74 Å². The highest BCUT2D eigenvalue weighted by Gasteiger charge is 2.34. The van der Waals surface area contributed by atoms with Gasteiger partial charge in [0.15, 0.2) is 0 Å². The molecular weight excluding hydrogens is 418 g/mol. The largest absolute Gasteiger partial charge is 0.497 e. The zero-order valence-corrected chi connectivity index (χ0v) is 19.5. The Morgan fingerprint density at radius 2 is 1.67 bits per heavy atom. The first-order chi connectivity index (χ1) is 15.9. The van der Waals surface area contributed by atoms with Crippen LogP contribution in [-0.4, -0.2) is 54.9 Å². The highest BCUT2D eigenvalue weighted by Crippen LogP contribution is 2.23. The third kappa shape index (κ3) is 6.34. The summed E-state index contributed by atoms with van der Waals surface area (Å²) in [6.45, 7) is 5.03. The number of ether oxygens (including phenoxy) is 1. The number of carbonyl (C=O) groups excluding carboxylic acids is 3. The maximum atomic E-state index is 13.1. The first kappa shape index (κ1) is 24.3. The second-order valence-corrected chi connectivity index (χ2v) is 8.50. The molecule has 1 saturated heterocycles. The van der Waals surface area contributed by atoms with Crippen LogP contribution in [0.2, 0.25) is 0 Å². The van der Waals surface area contributed by atoms with Gasteiger partial charge >= 0.3 is 0 Å². The average Bonchev–Trinajstić information content (AvgIpc) is 2.87. The third-order valence-electron chi connectivity index (χ3n) is 6.22. The van der Waals surface area contributed by atoms with Gasteiger partial charge < -0.3 is 20.3 Å². The lowest BCUT2D eigenvalue weighted by Crippen LogP contribution is -2.55. The van der Waals surface area contributed by atoms with Gasteiger partial charge in [-0.05, 0) is 62.4 Å². The van der Waals surface area contributed by atoms with Crippen LogP contribution in [0.4, 0.5) is 0 Å². The molecule has 7 heteroatoms. The first-order valence-corrected chi connectivity index (χ1v) is 11.5. The number of methoxy groups -OCH3 is 1. The fraction of sp³-hybridized carbons (Fsp3) is 0.423. The van der Waals surface area contributed by atoms with E-state index in [-0.39, 0.29) is 29.7 Å². The number of rotatable bonds is 8. The van der Waals surface area contributed by atoms with Gasteiger partial charge in [-0.1, -0.05) is 31.2 Å². The monoisotopic (exact) mass is 451 g/mol. The van der Waals surface area contributed by atoms with E-state index in [9.17, 15) is 14.4 Å². The molecule has 0 aliphatic carbocycles. The molecule has 1 heterocycles. The number of likely N-dealkylation sites (tertiary alicyclic amines) is 1. The van der Waals surface area contributed by atoms with Crippen LogP contribution in [0.1, 0.15) is 53.8 Å². The topological polar surface area (TPSA) is 87.7 Å². The molecule has 0 saturated carbocycles. The van der Waals surface area contributed by atoms with Crippen LogP contribution in [0, 0.1) is 5.92 Å². The van der Waals surface area contributed by atoms with E-state index in [2.05, 4.69) is 10.6 Å². The molecule has 3 rings (SSSR count). The minimum Gasteiger partial charge on any atom is -0.497 e. The fourth-order valence-corrected chi connectivity index (χ4v) is 4.02. The molecule has 0 spiro atoms. The minimum atomic E-state index is -0.674. The highest BCUT2D eigenvalue weighted by molar-refractivity contribution is 5.98. The average molecular weight is 452 g/mol. The van der Waals surface area contributed by atoms with E-state index in [1.807, 2.05) is 49.1 Å². The van der Waals surface area contributed by atoms with Gasteiger partial charge in [0, 0.05) is 30.3 Å². The number of amides is 3. The van der Waals surface area contributed by atoms with Gasteiger partial charge in [0.1, 0.15) is 11.8 Å². The Balaban J connectivity index is 1.71. The predicted molar refractivity (Wildman–Crippen MR) is 127 cm³/mol. The summed E-state index contributed by atoms with van der Waals surface area (Å²) in [7, 11) is 1.55. The molecule has 176 valence electrons. The van der Waals surface area contributed by atoms with Crippen molar-refractivity contribution in [2.75, 3.05) is 20.2 Å². The number of benzene rings is 2. The summed E-state index contributed by atoms with van der Waals surface area (Å²) in [4.78, 5) is 40.7. The fourth-order valence-electron chi connectivity index (χ4n) is 4.02. The number of piperidine rings is 1. The van der Waals surface area contributed by atoms with Crippen molar-refractivity contribution in [2.45, 2.75) is 45.2 Å². The molecule has 0 unspecified atom stereocenters. The van der Waals surface area contributed by atoms with Crippen molar-refractivity contribution in [3.8, 4) is 5.75 Å². The Bertz CT molecular complexity index is 955. The molecular formula is C26H33N3O4. The summed E-state index contributed by atoms with van der Waals surface area (Å²) in [5.41, 5.74) is 1.10. The van der Waals surface area contributed by atoms with Gasteiger partial charge in [-0.25, -0.2) is 0 Å². The second-order valence-electron chi connectivity index (χ2n) is 8.50. The van der Waals surface area contributed by atoms with Crippen molar-refractivity contribution >= 4 is 17.7 Å². The predicted octanol–water partition coefficient (Wildman–Crippen LogP) is 3.26. The number of carbonyl (C=O) groups is 3. The SMILES string of the molecule is CC[C@H](C)NC(=O)[C@H](NC(=O)c1cccc(OC)c1)C1CCN(C(=O)c2ccccc2)CC1. The summed E-state index contributed by atoms with van der Waals surface area (Å²) in [5, 5.41) is 5.96. The van der Waals surface area contributed by atoms with E-state index in [0.29, 0.717) is 42.8 Å². The van der Waals surface area contributed by atoms with E-state index in [1.54, 1.807) is 31.4 Å². The lowest BCUT2D eigenvalue weighted by molar-refractivity contribution is -0.125. The molecule has 0 radical (unpaired) electrons. The minimum absolute atomic E-state index is 0.00456. The Morgan fingerprint density at radius 3 is 2.30 bits per heavy atom. The Kier molecular flexibility index (Phi) is 8.46. The normalized spacial score (nSPS) is 15.9. The van der Waals surface area contributed by atoms with Crippen LogP contribution in [0.3, 0.4) is 0 Å². The lowest BCUT2D eigenvalue weighted by atomic mass is 9.88. The molecule has 1 aliphatic rings. The molecule has 2 aromatic carbocycles. The molecule has 2 aromatic rings. The van der Waals surface area contributed by atoms with Crippen molar-refractivity contribution in [3.05, 3.63) is 65.7 Å². The maximum absolute atomic E-state index is 13.1. The molecule has 0 aromatic heterocycles. The second kappa shape index (κ2) is 11.5. The molecule has 33 heavy (non-hydrogen) atoms. The van der Waals surface area contributed by atoms with Gasteiger partial charge in [-0.15, -0.1) is 0 Å². The number of nitrogens with zero attached hydrogens (tertiary/aromatic N) is 1. The third-order valence-corrected chi connectivity index (χ3v) is 6.22. The van der Waals surface area contributed by atoms with Gasteiger partial charge in [-0.3, -0.25) is 14.4 Å². The first-order valence-electron chi connectivity index (χ1n) is 11.5. The number of nitrogens with one attached hydrogen (secondary N) is 2. The Morgan fingerprint density at radius 1 is 1.00 bits per heavy atom. The molecule has 0 bridgehead atoms. The molecule has 1 fully saturated rings. The van der Waals surface area contributed by atoms with Gasteiger partial charge in [-0.2, -0.15) is 0 Å². The molecule has 3 amide bonds. The summed E-state index contributed by atoms with van der Waals surface area (Å²) in [6, 6.07) is 15.4. The van der Waals surface area contributed by atoms with Crippen molar-refractivity contribution in [1.82, 2.24) is 15.5 Å². The Labute approximate surface area is 195 Å². The van der Waals surface area contributed by atoms with Crippen LogP contribution in [0.25, 0.3) is 0 Å². The van der Waals surface area contributed by atoms with E-state index >= 15 is 0 Å². The van der Waals surface area contributed by atoms with Crippen LogP contribution in [0.15, 0.2) is 54.6 Å².